The Kier molecular flexibility index (Phi) is 2.37. The number of halogens is 2. The van der Waals surface area contributed by atoms with Crippen LogP contribution in [0.3, 0.4) is 0 Å². The lowest BCUT2D eigenvalue weighted by Gasteiger charge is -2.20. The van der Waals surface area contributed by atoms with E-state index in [0.29, 0.717) is 0 Å². The predicted molar refractivity (Wildman–Crippen MR) is 69.4 cm³/mol. The Morgan fingerprint density at radius 1 is 1.06 bits per heavy atom. The summed E-state index contributed by atoms with van der Waals surface area (Å²) >= 11 is 6.78. The summed E-state index contributed by atoms with van der Waals surface area (Å²) < 4.78 is 7.63. The summed E-state index contributed by atoms with van der Waals surface area (Å²) in [6.45, 7) is 0. The van der Waals surface area contributed by atoms with Crippen molar-refractivity contribution in [2.45, 2.75) is 0 Å². The Labute approximate surface area is 109 Å². The van der Waals surface area contributed by atoms with Crippen molar-refractivity contribution in [1.29, 1.82) is 0 Å². The SMILES string of the molecule is Brc1ccc2c(c1)Oc1cc(Br)cnc1N2. The van der Waals surface area contributed by atoms with Gasteiger partial charge in [0.05, 0.1) is 5.69 Å². The number of nitrogens with one attached hydrogen (secondary N) is 1. The third-order valence-electron chi connectivity index (χ3n) is 2.24. The number of aromatic nitrogens is 1. The van der Waals surface area contributed by atoms with Gasteiger partial charge in [0.25, 0.3) is 0 Å². The first kappa shape index (κ1) is 10.1. The van der Waals surface area contributed by atoms with Gasteiger partial charge in [-0.3, -0.25) is 0 Å². The van der Waals surface area contributed by atoms with Crippen LogP contribution in [-0.2, 0) is 0 Å². The summed E-state index contributed by atoms with van der Waals surface area (Å²) in [6.07, 6.45) is 1.74. The molecule has 3 nitrogen and oxygen atoms in total. The number of rotatable bonds is 0. The van der Waals surface area contributed by atoms with E-state index in [1.807, 2.05) is 24.3 Å². The molecule has 80 valence electrons. The van der Waals surface area contributed by atoms with Crippen molar-refractivity contribution in [3.05, 3.63) is 39.4 Å². The lowest BCUT2D eigenvalue weighted by Crippen LogP contribution is -2.04. The molecule has 0 atom stereocenters. The molecule has 0 aliphatic carbocycles. The van der Waals surface area contributed by atoms with E-state index in [2.05, 4.69) is 42.2 Å². The molecule has 0 fully saturated rings. The molecule has 0 bridgehead atoms. The first-order chi connectivity index (χ1) is 7.72. The van der Waals surface area contributed by atoms with E-state index < -0.39 is 0 Å². The van der Waals surface area contributed by atoms with Crippen molar-refractivity contribution >= 4 is 43.4 Å². The molecule has 1 aliphatic heterocycles. The minimum Gasteiger partial charge on any atom is -0.451 e. The average molecular weight is 342 g/mol. The highest BCUT2D eigenvalue weighted by Gasteiger charge is 2.17. The second kappa shape index (κ2) is 3.75. The molecule has 1 aromatic carbocycles. The van der Waals surface area contributed by atoms with Crippen LogP contribution < -0.4 is 10.1 Å². The van der Waals surface area contributed by atoms with Gasteiger partial charge in [0.2, 0.25) is 0 Å². The number of nitrogens with zero attached hydrogens (tertiary/aromatic N) is 1. The number of pyridine rings is 1. The van der Waals surface area contributed by atoms with Crippen LogP contribution in [-0.4, -0.2) is 4.98 Å². The maximum atomic E-state index is 5.75. The first-order valence-corrected chi connectivity index (χ1v) is 6.21. The first-order valence-electron chi connectivity index (χ1n) is 4.62. The number of anilines is 2. The summed E-state index contributed by atoms with van der Waals surface area (Å²) in [5.41, 5.74) is 0.922. The Bertz CT molecular complexity index is 522. The van der Waals surface area contributed by atoms with E-state index in [1.54, 1.807) is 6.20 Å². The van der Waals surface area contributed by atoms with Gasteiger partial charge in [-0.25, -0.2) is 4.98 Å². The maximum absolute atomic E-state index is 5.75. The number of ether oxygens (including phenoxy) is 1. The quantitative estimate of drug-likeness (QED) is 0.655. The van der Waals surface area contributed by atoms with Gasteiger partial charge in [-0.15, -0.1) is 0 Å². The van der Waals surface area contributed by atoms with Crippen molar-refractivity contribution in [1.82, 2.24) is 4.98 Å². The summed E-state index contributed by atoms with van der Waals surface area (Å²) in [5.74, 6) is 2.25. The van der Waals surface area contributed by atoms with Crippen LogP contribution in [0.4, 0.5) is 11.5 Å². The van der Waals surface area contributed by atoms with Crippen molar-refractivity contribution in [2.24, 2.45) is 0 Å². The Morgan fingerprint density at radius 2 is 1.88 bits per heavy atom. The molecule has 16 heavy (non-hydrogen) atoms. The molecule has 0 spiro atoms. The third kappa shape index (κ3) is 1.70. The van der Waals surface area contributed by atoms with Crippen LogP contribution in [0.5, 0.6) is 11.5 Å². The van der Waals surface area contributed by atoms with Gasteiger partial charge >= 0.3 is 0 Å². The molecule has 0 saturated carbocycles. The minimum absolute atomic E-state index is 0.722. The van der Waals surface area contributed by atoms with Gasteiger partial charge in [0.1, 0.15) is 0 Å². The van der Waals surface area contributed by atoms with Gasteiger partial charge < -0.3 is 10.1 Å². The van der Waals surface area contributed by atoms with Crippen LogP contribution in [0.25, 0.3) is 0 Å². The number of fused-ring (bicyclic) bond motifs is 2. The normalized spacial score (nSPS) is 12.1. The standard InChI is InChI=1S/C11H6Br2N2O/c12-6-1-2-8-9(3-6)16-10-4-7(13)5-14-11(10)15-8/h1-5H,(H,14,15). The van der Waals surface area contributed by atoms with E-state index in [-0.39, 0.29) is 0 Å². The predicted octanol–water partition coefficient (Wildman–Crippen LogP) is 4.46. The van der Waals surface area contributed by atoms with Crippen molar-refractivity contribution in [2.75, 3.05) is 5.32 Å². The fourth-order valence-corrected chi connectivity index (χ4v) is 2.17. The summed E-state index contributed by atoms with van der Waals surface area (Å²) in [7, 11) is 0. The Morgan fingerprint density at radius 3 is 2.75 bits per heavy atom. The lowest BCUT2D eigenvalue weighted by molar-refractivity contribution is 0.478. The van der Waals surface area contributed by atoms with Crippen LogP contribution in [0.15, 0.2) is 39.4 Å². The average Bonchev–Trinajstić information content (AvgIpc) is 2.26. The van der Waals surface area contributed by atoms with Crippen LogP contribution >= 0.6 is 31.9 Å². The van der Waals surface area contributed by atoms with Crippen LogP contribution in [0.1, 0.15) is 0 Å². The summed E-state index contributed by atoms with van der Waals surface area (Å²) in [6, 6.07) is 7.72. The van der Waals surface area contributed by atoms with E-state index in [0.717, 1.165) is 31.9 Å². The molecule has 0 saturated heterocycles. The van der Waals surface area contributed by atoms with Gasteiger partial charge in [-0.1, -0.05) is 15.9 Å². The second-order valence-corrected chi connectivity index (χ2v) is 5.20. The minimum atomic E-state index is 0.722. The van der Waals surface area contributed by atoms with E-state index >= 15 is 0 Å². The highest BCUT2D eigenvalue weighted by molar-refractivity contribution is 9.10. The van der Waals surface area contributed by atoms with E-state index in [1.165, 1.54) is 0 Å². The molecule has 3 rings (SSSR count). The molecule has 2 aromatic rings. The smallest absolute Gasteiger partial charge is 0.174 e. The molecule has 5 heteroatoms. The molecule has 0 amide bonds. The Hall–Kier alpha value is -1.07. The number of hydrogen-bond donors (Lipinski definition) is 1. The Balaban J connectivity index is 2.10. The lowest BCUT2D eigenvalue weighted by atomic mass is 10.2. The molecule has 0 radical (unpaired) electrons. The third-order valence-corrected chi connectivity index (χ3v) is 3.16. The molecule has 0 unspecified atom stereocenters. The van der Waals surface area contributed by atoms with Crippen LogP contribution in [0.2, 0.25) is 0 Å². The summed E-state index contributed by atoms with van der Waals surface area (Å²) in [4.78, 5) is 4.25. The zero-order chi connectivity index (χ0) is 11.1. The number of benzene rings is 1. The molecule has 1 aromatic heterocycles. The van der Waals surface area contributed by atoms with Gasteiger partial charge in [0, 0.05) is 21.2 Å². The monoisotopic (exact) mass is 340 g/mol. The highest BCUT2D eigenvalue weighted by atomic mass is 79.9. The summed E-state index contributed by atoms with van der Waals surface area (Å²) in [5, 5.41) is 3.22. The van der Waals surface area contributed by atoms with Gasteiger partial charge in [-0.2, -0.15) is 0 Å². The fraction of sp³-hybridized carbons (Fsp3) is 0. The molecule has 1 aliphatic rings. The zero-order valence-corrected chi connectivity index (χ0v) is 11.2. The maximum Gasteiger partial charge on any atom is 0.174 e. The van der Waals surface area contributed by atoms with Crippen LogP contribution in [0, 0.1) is 0 Å². The van der Waals surface area contributed by atoms with Crippen molar-refractivity contribution in [3.8, 4) is 11.5 Å². The topological polar surface area (TPSA) is 34.1 Å². The van der Waals surface area contributed by atoms with E-state index in [4.69, 9.17) is 4.74 Å². The highest BCUT2D eigenvalue weighted by Crippen LogP contribution is 2.42. The van der Waals surface area contributed by atoms with Crippen molar-refractivity contribution in [3.63, 3.8) is 0 Å². The zero-order valence-electron chi connectivity index (χ0n) is 8.00. The fourth-order valence-electron chi connectivity index (χ4n) is 1.52. The van der Waals surface area contributed by atoms with E-state index in [9.17, 15) is 0 Å². The largest absolute Gasteiger partial charge is 0.451 e. The number of hydrogen-bond acceptors (Lipinski definition) is 3. The molecule has 1 N–H and O–H groups in total. The second-order valence-electron chi connectivity index (χ2n) is 3.37. The van der Waals surface area contributed by atoms with Gasteiger partial charge in [-0.05, 0) is 34.1 Å². The molecular weight excluding hydrogens is 336 g/mol. The molecule has 2 heterocycles. The molecular formula is C11H6Br2N2O. The van der Waals surface area contributed by atoms with Gasteiger partial charge in [0.15, 0.2) is 17.3 Å². The van der Waals surface area contributed by atoms with Crippen molar-refractivity contribution < 1.29 is 4.74 Å².